The second-order valence-corrected chi connectivity index (χ2v) is 10.8. The molecule has 3 N–H and O–H groups in total. The molecule has 0 aromatic heterocycles. The zero-order chi connectivity index (χ0) is 23.2. The molecule has 0 saturated heterocycles. The van der Waals surface area contributed by atoms with Crippen molar-refractivity contribution < 1.29 is 13.3 Å². The van der Waals surface area contributed by atoms with Gasteiger partial charge in [0.1, 0.15) is 0 Å². The number of nitrogens with zero attached hydrogens (tertiary/aromatic N) is 1. The van der Waals surface area contributed by atoms with Crippen LogP contribution in [0.2, 0.25) is 6.04 Å². The molecule has 7 nitrogen and oxygen atoms in total. The van der Waals surface area contributed by atoms with Crippen molar-refractivity contribution in [2.24, 2.45) is 0 Å². The Balaban J connectivity index is 1.91. The van der Waals surface area contributed by atoms with Gasteiger partial charge in [-0.3, -0.25) is 0 Å². The van der Waals surface area contributed by atoms with Gasteiger partial charge < -0.3 is 34.1 Å². The summed E-state index contributed by atoms with van der Waals surface area (Å²) in [5.74, 6) is 0. The van der Waals surface area contributed by atoms with Crippen molar-refractivity contribution in [3.8, 4) is 0 Å². The van der Waals surface area contributed by atoms with Crippen LogP contribution in [0, 0.1) is 0 Å². The van der Waals surface area contributed by atoms with E-state index < -0.39 is 8.80 Å². The summed E-state index contributed by atoms with van der Waals surface area (Å²) < 4.78 is 16.6. The van der Waals surface area contributed by atoms with Gasteiger partial charge in [-0.15, -0.1) is 0 Å². The molecular formula is C22H32N4O3S2Si. The number of hydrogen-bond donors (Lipinski definition) is 3. The number of benzene rings is 2. The first-order valence-corrected chi connectivity index (χ1v) is 13.1. The van der Waals surface area contributed by atoms with Crippen molar-refractivity contribution in [3.63, 3.8) is 0 Å². The first-order chi connectivity index (χ1) is 15.5. The third kappa shape index (κ3) is 8.81. The van der Waals surface area contributed by atoms with Gasteiger partial charge >= 0.3 is 8.80 Å². The largest absolute Gasteiger partial charge is 0.500 e. The van der Waals surface area contributed by atoms with Gasteiger partial charge in [0.25, 0.3) is 0 Å². The molecule has 0 radical (unpaired) electrons. The minimum Gasteiger partial charge on any atom is -0.377 e. The Morgan fingerprint density at radius 3 is 1.88 bits per heavy atom. The molecule has 2 aromatic rings. The van der Waals surface area contributed by atoms with Crippen LogP contribution in [0.5, 0.6) is 0 Å². The quantitative estimate of drug-likeness (QED) is 0.302. The number of hydrogen-bond acceptors (Lipinski definition) is 5. The molecule has 0 amide bonds. The van der Waals surface area contributed by atoms with E-state index in [0.29, 0.717) is 29.4 Å². The molecule has 0 heterocycles. The third-order valence-corrected chi connectivity index (χ3v) is 8.29. The highest BCUT2D eigenvalue weighted by molar-refractivity contribution is 7.80. The van der Waals surface area contributed by atoms with Gasteiger partial charge in [-0.25, -0.2) is 0 Å². The van der Waals surface area contributed by atoms with Crippen molar-refractivity contribution in [1.82, 2.24) is 10.2 Å². The van der Waals surface area contributed by atoms with Crippen molar-refractivity contribution in [3.05, 3.63) is 60.7 Å². The summed E-state index contributed by atoms with van der Waals surface area (Å²) >= 11 is 11.1. The van der Waals surface area contributed by atoms with Gasteiger partial charge in [0.15, 0.2) is 10.2 Å². The average molecular weight is 493 g/mol. The van der Waals surface area contributed by atoms with Crippen molar-refractivity contribution in [2.75, 3.05) is 51.6 Å². The van der Waals surface area contributed by atoms with Crippen LogP contribution < -0.4 is 16.0 Å². The van der Waals surface area contributed by atoms with E-state index in [1.807, 2.05) is 60.7 Å². The van der Waals surface area contributed by atoms with E-state index in [2.05, 4.69) is 20.9 Å². The van der Waals surface area contributed by atoms with Crippen LogP contribution in [0.1, 0.15) is 6.42 Å². The fraction of sp³-hybridized carbons (Fsp3) is 0.364. The highest BCUT2D eigenvalue weighted by Crippen LogP contribution is 2.16. The summed E-state index contributed by atoms with van der Waals surface area (Å²) in [6, 6.07) is 20.4. The van der Waals surface area contributed by atoms with Crippen LogP contribution in [0.15, 0.2) is 60.7 Å². The number of thiocarbonyl (C=S) groups is 2. The lowest BCUT2D eigenvalue weighted by atomic mass is 10.3. The second-order valence-electron chi connectivity index (χ2n) is 6.93. The molecular weight excluding hydrogens is 460 g/mol. The van der Waals surface area contributed by atoms with E-state index in [1.165, 1.54) is 0 Å². The normalized spacial score (nSPS) is 11.0. The summed E-state index contributed by atoms with van der Waals surface area (Å²) in [7, 11) is 2.26. The number of nitrogens with one attached hydrogen (secondary N) is 3. The van der Waals surface area contributed by atoms with Crippen LogP contribution in [0.4, 0.5) is 11.4 Å². The van der Waals surface area contributed by atoms with E-state index in [-0.39, 0.29) is 0 Å². The maximum atomic E-state index is 5.69. The smallest absolute Gasteiger partial charge is 0.377 e. The van der Waals surface area contributed by atoms with Crippen LogP contribution in [0.3, 0.4) is 0 Å². The fourth-order valence-electron chi connectivity index (χ4n) is 3.08. The molecule has 0 bridgehead atoms. The van der Waals surface area contributed by atoms with Crippen LogP contribution in [-0.4, -0.2) is 64.9 Å². The maximum Gasteiger partial charge on any atom is 0.500 e. The van der Waals surface area contributed by atoms with E-state index in [9.17, 15) is 0 Å². The highest BCUT2D eigenvalue weighted by atomic mass is 32.1. The molecule has 0 spiro atoms. The predicted molar refractivity (Wildman–Crippen MR) is 141 cm³/mol. The Kier molecular flexibility index (Phi) is 11.6. The molecule has 0 unspecified atom stereocenters. The zero-order valence-corrected chi connectivity index (χ0v) is 21.4. The molecule has 10 heteroatoms. The van der Waals surface area contributed by atoms with E-state index in [4.69, 9.17) is 37.7 Å². The molecule has 0 atom stereocenters. The van der Waals surface area contributed by atoms with Crippen molar-refractivity contribution in [1.29, 1.82) is 0 Å². The van der Waals surface area contributed by atoms with Crippen molar-refractivity contribution >= 4 is 54.8 Å². The fourth-order valence-corrected chi connectivity index (χ4v) is 5.31. The van der Waals surface area contributed by atoms with Gasteiger partial charge in [0, 0.05) is 58.4 Å². The van der Waals surface area contributed by atoms with E-state index in [0.717, 1.165) is 24.3 Å². The molecule has 32 heavy (non-hydrogen) atoms. The lowest BCUT2D eigenvalue weighted by molar-refractivity contribution is 0.122. The Morgan fingerprint density at radius 1 is 0.812 bits per heavy atom. The Morgan fingerprint density at radius 2 is 1.34 bits per heavy atom. The maximum absolute atomic E-state index is 5.69. The summed E-state index contributed by atoms with van der Waals surface area (Å²) in [6.45, 7) is 2.04. The highest BCUT2D eigenvalue weighted by Gasteiger charge is 2.37. The minimum atomic E-state index is -2.62. The minimum absolute atomic E-state index is 0.572. The number of para-hydroxylation sites is 2. The standard InChI is InChI=1S/C22H32N4O3S2Si/c1-27-32(28-2,29-3)18-10-16-26(22(31)25-20-13-8-5-9-14-20)17-15-23-21(30)24-19-11-6-4-7-12-19/h4-9,11-14H,10,15-18H2,1-3H3,(H,25,31)(H2,23,24,30). The first kappa shape index (κ1) is 26.2. The summed E-state index contributed by atoms with van der Waals surface area (Å²) in [5.41, 5.74) is 1.90. The van der Waals surface area contributed by atoms with E-state index in [1.54, 1.807) is 21.3 Å². The van der Waals surface area contributed by atoms with Gasteiger partial charge in [-0.1, -0.05) is 36.4 Å². The summed E-state index contributed by atoms with van der Waals surface area (Å²) in [6.07, 6.45) is 0.811. The Labute approximate surface area is 202 Å². The molecule has 0 fully saturated rings. The van der Waals surface area contributed by atoms with Gasteiger partial charge in [-0.05, 0) is 55.1 Å². The van der Waals surface area contributed by atoms with Gasteiger partial charge in [-0.2, -0.15) is 0 Å². The molecule has 2 rings (SSSR count). The summed E-state index contributed by atoms with van der Waals surface area (Å²) in [4.78, 5) is 2.11. The lowest BCUT2D eigenvalue weighted by Crippen LogP contribution is -2.45. The monoisotopic (exact) mass is 492 g/mol. The Hall–Kier alpha value is -2.08. The second kappa shape index (κ2) is 14.1. The molecule has 174 valence electrons. The predicted octanol–water partition coefficient (Wildman–Crippen LogP) is 3.94. The molecule has 0 saturated carbocycles. The Bertz CT molecular complexity index is 818. The van der Waals surface area contributed by atoms with Crippen LogP contribution >= 0.6 is 24.4 Å². The van der Waals surface area contributed by atoms with Gasteiger partial charge in [0.05, 0.1) is 0 Å². The zero-order valence-electron chi connectivity index (χ0n) is 18.8. The SMILES string of the molecule is CO[Si](CCCN(CCNC(=S)Nc1ccccc1)C(=S)Nc1ccccc1)(OC)OC. The molecule has 0 aliphatic heterocycles. The molecule has 2 aromatic carbocycles. The number of anilines is 2. The van der Waals surface area contributed by atoms with Gasteiger partial charge in [0.2, 0.25) is 0 Å². The first-order valence-electron chi connectivity index (χ1n) is 10.4. The van der Waals surface area contributed by atoms with Crippen LogP contribution in [0.25, 0.3) is 0 Å². The summed E-state index contributed by atoms with van der Waals surface area (Å²) in [5, 5.41) is 11.0. The van der Waals surface area contributed by atoms with Crippen molar-refractivity contribution in [2.45, 2.75) is 12.5 Å². The van der Waals surface area contributed by atoms with Crippen LogP contribution in [-0.2, 0) is 13.3 Å². The lowest BCUT2D eigenvalue weighted by Gasteiger charge is -2.29. The number of rotatable bonds is 12. The molecule has 0 aliphatic carbocycles. The third-order valence-electron chi connectivity index (χ3n) is 4.86. The topological polar surface area (TPSA) is 67.0 Å². The molecule has 0 aliphatic rings. The van der Waals surface area contributed by atoms with E-state index >= 15 is 0 Å². The average Bonchev–Trinajstić information content (AvgIpc) is 2.82.